The maximum atomic E-state index is 11.5. The first-order chi connectivity index (χ1) is 9.28. The van der Waals surface area contributed by atoms with Gasteiger partial charge in [0.15, 0.2) is 6.29 Å². The van der Waals surface area contributed by atoms with Crippen molar-refractivity contribution >= 4 is 6.29 Å². The Morgan fingerprint density at radius 2 is 1.89 bits per heavy atom. The van der Waals surface area contributed by atoms with Crippen LogP contribution in [-0.4, -0.2) is 25.3 Å². The van der Waals surface area contributed by atoms with E-state index in [4.69, 9.17) is 9.47 Å². The topological polar surface area (TPSA) is 35.5 Å². The molecular weight excluding hydrogens is 240 g/mol. The predicted octanol–water partition coefficient (Wildman–Crippen LogP) is 2.92. The van der Waals surface area contributed by atoms with Gasteiger partial charge in [-0.05, 0) is 69.1 Å². The zero-order chi connectivity index (χ0) is 12.9. The van der Waals surface area contributed by atoms with Crippen LogP contribution in [0, 0.1) is 23.2 Å². The number of carbonyl (C=O) groups excluding carboxylic acids is 1. The smallest absolute Gasteiger partial charge is 0.157 e. The molecule has 5 aliphatic rings. The lowest BCUT2D eigenvalue weighted by Gasteiger charge is -2.58. The monoisotopic (exact) mass is 264 g/mol. The van der Waals surface area contributed by atoms with Crippen molar-refractivity contribution in [1.29, 1.82) is 0 Å². The Kier molecular flexibility index (Phi) is 2.96. The minimum atomic E-state index is 0.0176. The highest BCUT2D eigenvalue weighted by atomic mass is 16.7. The molecule has 3 unspecified atom stereocenters. The van der Waals surface area contributed by atoms with Crippen molar-refractivity contribution in [2.24, 2.45) is 23.2 Å². The third kappa shape index (κ3) is 2.06. The summed E-state index contributed by atoms with van der Waals surface area (Å²) in [7, 11) is 0. The molecule has 3 heteroatoms. The van der Waals surface area contributed by atoms with E-state index < -0.39 is 0 Å². The van der Waals surface area contributed by atoms with Crippen molar-refractivity contribution in [3.8, 4) is 0 Å². The Hall–Kier alpha value is -0.410. The van der Waals surface area contributed by atoms with Crippen molar-refractivity contribution in [2.75, 3.05) is 6.61 Å². The highest BCUT2D eigenvalue weighted by Crippen LogP contribution is 2.60. The third-order valence-corrected chi connectivity index (χ3v) is 5.93. The molecule has 0 aromatic rings. The van der Waals surface area contributed by atoms with Gasteiger partial charge in [0.05, 0.1) is 6.10 Å². The fourth-order valence-electron chi connectivity index (χ4n) is 5.40. The van der Waals surface area contributed by atoms with Crippen LogP contribution in [0.3, 0.4) is 0 Å². The first kappa shape index (κ1) is 12.3. The Balaban J connectivity index is 1.48. The minimum Gasteiger partial charge on any atom is -0.353 e. The average Bonchev–Trinajstić information content (AvgIpc) is 2.43. The van der Waals surface area contributed by atoms with E-state index >= 15 is 0 Å². The van der Waals surface area contributed by atoms with Crippen molar-refractivity contribution < 1.29 is 14.3 Å². The van der Waals surface area contributed by atoms with Crippen LogP contribution in [0.15, 0.2) is 0 Å². The molecule has 3 nitrogen and oxygen atoms in total. The molecular formula is C16H24O3. The second-order valence-corrected chi connectivity index (χ2v) is 7.35. The molecule has 4 saturated carbocycles. The molecule has 5 fully saturated rings. The Morgan fingerprint density at radius 3 is 2.53 bits per heavy atom. The van der Waals surface area contributed by atoms with Crippen LogP contribution in [0.1, 0.15) is 51.4 Å². The molecule has 1 saturated heterocycles. The summed E-state index contributed by atoms with van der Waals surface area (Å²) >= 11 is 0. The van der Waals surface area contributed by atoms with Gasteiger partial charge in [0.25, 0.3) is 0 Å². The zero-order valence-corrected chi connectivity index (χ0v) is 11.6. The maximum absolute atomic E-state index is 11.5. The standard InChI is InChI=1S/C16H24O3/c17-10-16-7-11-5-12(8-16)15(13(6-11)9-16)19-14-3-1-2-4-18-14/h10-15H,1-9H2. The molecule has 19 heavy (non-hydrogen) atoms. The van der Waals surface area contributed by atoms with E-state index in [1.807, 2.05) is 0 Å². The minimum absolute atomic E-state index is 0.0176. The number of aldehydes is 1. The van der Waals surface area contributed by atoms with Gasteiger partial charge in [0, 0.05) is 12.0 Å². The van der Waals surface area contributed by atoms with E-state index in [2.05, 4.69) is 0 Å². The summed E-state index contributed by atoms with van der Waals surface area (Å²) in [6.07, 6.45) is 11.0. The van der Waals surface area contributed by atoms with Crippen LogP contribution in [0.2, 0.25) is 0 Å². The van der Waals surface area contributed by atoms with Gasteiger partial charge in [0.2, 0.25) is 0 Å². The normalized spacial score (nSPS) is 52.3. The van der Waals surface area contributed by atoms with Gasteiger partial charge >= 0.3 is 0 Å². The third-order valence-electron chi connectivity index (χ3n) is 5.93. The quantitative estimate of drug-likeness (QED) is 0.735. The van der Waals surface area contributed by atoms with Crippen molar-refractivity contribution in [2.45, 2.75) is 63.8 Å². The molecule has 0 amide bonds. The molecule has 3 atom stereocenters. The molecule has 1 aliphatic heterocycles. The largest absolute Gasteiger partial charge is 0.353 e. The number of hydrogen-bond donors (Lipinski definition) is 0. The molecule has 0 aromatic heterocycles. The average molecular weight is 264 g/mol. The molecule has 0 aromatic carbocycles. The summed E-state index contributed by atoms with van der Waals surface area (Å²) in [5, 5.41) is 0. The van der Waals surface area contributed by atoms with E-state index in [0.717, 1.165) is 38.2 Å². The van der Waals surface area contributed by atoms with Crippen LogP contribution < -0.4 is 0 Å². The summed E-state index contributed by atoms with van der Waals surface area (Å²) in [5.74, 6) is 2.01. The van der Waals surface area contributed by atoms with E-state index in [1.165, 1.54) is 32.0 Å². The molecule has 0 N–H and O–H groups in total. The molecule has 4 bridgehead atoms. The second-order valence-electron chi connectivity index (χ2n) is 7.35. The zero-order valence-electron chi connectivity index (χ0n) is 11.6. The van der Waals surface area contributed by atoms with Crippen molar-refractivity contribution in [1.82, 2.24) is 0 Å². The molecule has 106 valence electrons. The Morgan fingerprint density at radius 1 is 1.11 bits per heavy atom. The lowest BCUT2D eigenvalue weighted by molar-refractivity contribution is -0.243. The van der Waals surface area contributed by atoms with Crippen LogP contribution in [0.5, 0.6) is 0 Å². The van der Waals surface area contributed by atoms with Crippen LogP contribution in [0.4, 0.5) is 0 Å². The van der Waals surface area contributed by atoms with E-state index in [-0.39, 0.29) is 11.7 Å². The van der Waals surface area contributed by atoms with Gasteiger partial charge in [-0.3, -0.25) is 0 Å². The number of ether oxygens (including phenoxy) is 2. The molecule has 4 aliphatic carbocycles. The Bertz CT molecular complexity index is 345. The number of hydrogen-bond acceptors (Lipinski definition) is 3. The van der Waals surface area contributed by atoms with Crippen molar-refractivity contribution in [3.63, 3.8) is 0 Å². The van der Waals surface area contributed by atoms with Gasteiger partial charge in [-0.25, -0.2) is 0 Å². The Labute approximate surface area is 115 Å². The fourth-order valence-corrected chi connectivity index (χ4v) is 5.40. The molecule has 1 heterocycles. The highest BCUT2D eigenvalue weighted by molar-refractivity contribution is 5.60. The van der Waals surface area contributed by atoms with Crippen LogP contribution >= 0.6 is 0 Å². The molecule has 5 rings (SSSR count). The van der Waals surface area contributed by atoms with Crippen LogP contribution in [-0.2, 0) is 14.3 Å². The predicted molar refractivity (Wildman–Crippen MR) is 70.5 cm³/mol. The summed E-state index contributed by atoms with van der Waals surface area (Å²) in [6, 6.07) is 0. The molecule has 0 spiro atoms. The first-order valence-electron chi connectivity index (χ1n) is 8.01. The summed E-state index contributed by atoms with van der Waals surface area (Å²) in [6.45, 7) is 0.855. The van der Waals surface area contributed by atoms with E-state index in [0.29, 0.717) is 17.9 Å². The first-order valence-corrected chi connectivity index (χ1v) is 8.01. The maximum Gasteiger partial charge on any atom is 0.157 e. The summed E-state index contributed by atoms with van der Waals surface area (Å²) < 4.78 is 12.1. The second kappa shape index (κ2) is 4.56. The highest BCUT2D eigenvalue weighted by Gasteiger charge is 2.56. The molecule has 0 radical (unpaired) electrons. The number of carbonyl (C=O) groups is 1. The van der Waals surface area contributed by atoms with Gasteiger partial charge in [0.1, 0.15) is 6.29 Å². The van der Waals surface area contributed by atoms with Crippen molar-refractivity contribution in [3.05, 3.63) is 0 Å². The SMILES string of the molecule is O=CC12CC3CC(C1)C(OC1CCCCO1)C(C3)C2. The number of rotatable bonds is 3. The van der Waals surface area contributed by atoms with Gasteiger partial charge < -0.3 is 14.3 Å². The van der Waals surface area contributed by atoms with Gasteiger partial charge in [-0.2, -0.15) is 0 Å². The summed E-state index contributed by atoms with van der Waals surface area (Å²) in [4.78, 5) is 11.5. The van der Waals surface area contributed by atoms with E-state index in [1.54, 1.807) is 0 Å². The lowest BCUT2D eigenvalue weighted by atomic mass is 9.49. The van der Waals surface area contributed by atoms with E-state index in [9.17, 15) is 4.79 Å². The lowest BCUT2D eigenvalue weighted by Crippen LogP contribution is -2.55. The van der Waals surface area contributed by atoms with Crippen LogP contribution in [0.25, 0.3) is 0 Å². The summed E-state index contributed by atoms with van der Waals surface area (Å²) in [5.41, 5.74) is 0.0176. The fraction of sp³-hybridized carbons (Fsp3) is 0.938. The van der Waals surface area contributed by atoms with Gasteiger partial charge in [-0.15, -0.1) is 0 Å². The van der Waals surface area contributed by atoms with Gasteiger partial charge in [-0.1, -0.05) is 0 Å².